The van der Waals surface area contributed by atoms with Crippen molar-refractivity contribution in [2.24, 2.45) is 0 Å². The van der Waals surface area contributed by atoms with Crippen molar-refractivity contribution in [1.29, 1.82) is 5.26 Å². The van der Waals surface area contributed by atoms with Crippen LogP contribution in [-0.4, -0.2) is 10.8 Å². The van der Waals surface area contributed by atoms with Crippen molar-refractivity contribution in [3.8, 4) is 11.8 Å². The monoisotopic (exact) mass is 340 g/mol. The van der Waals surface area contributed by atoms with Crippen LogP contribution in [0.15, 0.2) is 79.0 Å². The molecule has 4 nitrogen and oxygen atoms in total. The first-order valence-corrected chi connectivity index (χ1v) is 8.10. The molecule has 4 heteroatoms. The Morgan fingerprint density at radius 2 is 1.81 bits per heavy atom. The van der Waals surface area contributed by atoms with E-state index in [-0.39, 0.29) is 5.78 Å². The third kappa shape index (κ3) is 4.65. The van der Waals surface area contributed by atoms with E-state index in [1.165, 1.54) is 6.08 Å². The normalized spacial score (nSPS) is 10.4. The molecule has 3 rings (SSSR count). The second-order valence-electron chi connectivity index (χ2n) is 5.57. The number of benzene rings is 2. The van der Waals surface area contributed by atoms with E-state index in [1.807, 2.05) is 48.5 Å². The molecule has 0 fully saturated rings. The Bertz CT molecular complexity index is 938. The Morgan fingerprint density at radius 3 is 2.46 bits per heavy atom. The summed E-state index contributed by atoms with van der Waals surface area (Å²) in [7, 11) is 0. The fourth-order valence-electron chi connectivity index (χ4n) is 2.29. The summed E-state index contributed by atoms with van der Waals surface area (Å²) in [5.74, 6) is 0.635. The average molecular weight is 340 g/mol. The molecule has 126 valence electrons. The van der Waals surface area contributed by atoms with E-state index in [2.05, 4.69) is 4.98 Å². The first kappa shape index (κ1) is 17.1. The van der Waals surface area contributed by atoms with Crippen molar-refractivity contribution >= 4 is 11.9 Å². The quantitative estimate of drug-likeness (QED) is 0.492. The molecule has 2 aromatic carbocycles. The van der Waals surface area contributed by atoms with Crippen LogP contribution in [-0.2, 0) is 6.61 Å². The van der Waals surface area contributed by atoms with E-state index in [0.717, 1.165) is 17.0 Å². The van der Waals surface area contributed by atoms with Crippen LogP contribution in [0, 0.1) is 11.3 Å². The van der Waals surface area contributed by atoms with Gasteiger partial charge in [-0.1, -0.05) is 24.3 Å². The third-order valence-electron chi connectivity index (χ3n) is 3.72. The molecule has 0 aliphatic rings. The first-order valence-electron chi connectivity index (χ1n) is 8.10. The van der Waals surface area contributed by atoms with Gasteiger partial charge in [-0.3, -0.25) is 9.78 Å². The van der Waals surface area contributed by atoms with Gasteiger partial charge in [0.25, 0.3) is 0 Å². The number of aromatic nitrogens is 1. The summed E-state index contributed by atoms with van der Waals surface area (Å²) in [5.41, 5.74) is 2.85. The molecule has 3 aromatic rings. The van der Waals surface area contributed by atoms with Gasteiger partial charge in [0.15, 0.2) is 5.78 Å². The Kier molecular flexibility index (Phi) is 5.54. The fourth-order valence-corrected chi connectivity index (χ4v) is 2.29. The van der Waals surface area contributed by atoms with E-state index in [0.29, 0.717) is 17.7 Å². The van der Waals surface area contributed by atoms with Crippen molar-refractivity contribution in [1.82, 2.24) is 4.98 Å². The van der Waals surface area contributed by atoms with Gasteiger partial charge in [0, 0.05) is 11.8 Å². The molecule has 0 amide bonds. The lowest BCUT2D eigenvalue weighted by molar-refractivity contribution is 0.104. The van der Waals surface area contributed by atoms with Gasteiger partial charge in [-0.25, -0.2) is 0 Å². The van der Waals surface area contributed by atoms with Crippen LogP contribution < -0.4 is 4.74 Å². The summed E-state index contributed by atoms with van der Waals surface area (Å²) in [6.07, 6.45) is 5.01. The zero-order valence-electron chi connectivity index (χ0n) is 14.0. The number of hydrogen-bond donors (Lipinski definition) is 0. The van der Waals surface area contributed by atoms with Crippen molar-refractivity contribution in [3.63, 3.8) is 0 Å². The van der Waals surface area contributed by atoms with Gasteiger partial charge < -0.3 is 4.74 Å². The Morgan fingerprint density at radius 1 is 1.04 bits per heavy atom. The number of nitrogens with zero attached hydrogens (tertiary/aromatic N) is 2. The number of nitriles is 1. The van der Waals surface area contributed by atoms with Crippen LogP contribution >= 0.6 is 0 Å². The minimum Gasteiger partial charge on any atom is -0.487 e. The zero-order valence-corrected chi connectivity index (χ0v) is 14.0. The first-order chi connectivity index (χ1) is 12.7. The van der Waals surface area contributed by atoms with Gasteiger partial charge in [0.2, 0.25) is 0 Å². The van der Waals surface area contributed by atoms with Crippen LogP contribution in [0.2, 0.25) is 0 Å². The highest BCUT2D eigenvalue weighted by Gasteiger charge is 2.02. The Labute approximate surface area is 152 Å². The number of ether oxygens (including phenoxy) is 1. The fraction of sp³-hybridized carbons (Fsp3) is 0.0455. The summed E-state index contributed by atoms with van der Waals surface area (Å²) in [6, 6.07) is 21.8. The highest BCUT2D eigenvalue weighted by molar-refractivity contribution is 6.06. The van der Waals surface area contributed by atoms with E-state index in [4.69, 9.17) is 10.00 Å². The van der Waals surface area contributed by atoms with Gasteiger partial charge in [-0.2, -0.15) is 5.26 Å². The topological polar surface area (TPSA) is 63.0 Å². The minimum atomic E-state index is -0.107. The lowest BCUT2D eigenvalue weighted by Gasteiger charge is -2.05. The Balaban J connectivity index is 1.58. The molecule has 1 heterocycles. The number of carbonyl (C=O) groups is 1. The molecular weight excluding hydrogens is 324 g/mol. The molecule has 0 unspecified atom stereocenters. The lowest BCUT2D eigenvalue weighted by Crippen LogP contribution is -1.97. The smallest absolute Gasteiger partial charge is 0.185 e. The maximum Gasteiger partial charge on any atom is 0.185 e. The van der Waals surface area contributed by atoms with E-state index >= 15 is 0 Å². The molecule has 0 atom stereocenters. The molecule has 0 bridgehead atoms. The molecule has 26 heavy (non-hydrogen) atoms. The highest BCUT2D eigenvalue weighted by Crippen LogP contribution is 2.15. The predicted octanol–water partition coefficient (Wildman–Crippen LogP) is 4.43. The SMILES string of the molecule is N#Cc1ccc(C(=O)C=Cc2ccc(OCc3ccccn3)cc2)cc1. The highest BCUT2D eigenvalue weighted by atomic mass is 16.5. The van der Waals surface area contributed by atoms with Crippen LogP contribution in [0.1, 0.15) is 27.2 Å². The largest absolute Gasteiger partial charge is 0.487 e. The zero-order chi connectivity index (χ0) is 18.2. The minimum absolute atomic E-state index is 0.107. The van der Waals surface area contributed by atoms with E-state index in [9.17, 15) is 4.79 Å². The van der Waals surface area contributed by atoms with E-state index < -0.39 is 0 Å². The van der Waals surface area contributed by atoms with Crippen LogP contribution in [0.25, 0.3) is 6.08 Å². The summed E-state index contributed by atoms with van der Waals surface area (Å²) in [4.78, 5) is 16.4. The lowest BCUT2D eigenvalue weighted by atomic mass is 10.1. The van der Waals surface area contributed by atoms with Crippen LogP contribution in [0.5, 0.6) is 5.75 Å². The summed E-state index contributed by atoms with van der Waals surface area (Å²) < 4.78 is 5.68. The van der Waals surface area contributed by atoms with Gasteiger partial charge in [0.05, 0.1) is 17.3 Å². The van der Waals surface area contributed by atoms with Crippen LogP contribution in [0.3, 0.4) is 0 Å². The molecule has 0 radical (unpaired) electrons. The number of pyridine rings is 1. The van der Waals surface area contributed by atoms with Gasteiger partial charge in [-0.15, -0.1) is 0 Å². The number of carbonyl (C=O) groups excluding carboxylic acids is 1. The molecule has 0 N–H and O–H groups in total. The molecule has 1 aromatic heterocycles. The summed E-state index contributed by atoms with van der Waals surface area (Å²) in [6.45, 7) is 0.410. The van der Waals surface area contributed by atoms with Crippen molar-refractivity contribution in [3.05, 3.63) is 101 Å². The third-order valence-corrected chi connectivity index (χ3v) is 3.72. The van der Waals surface area contributed by atoms with Gasteiger partial charge in [0.1, 0.15) is 12.4 Å². The van der Waals surface area contributed by atoms with Crippen molar-refractivity contribution in [2.75, 3.05) is 0 Å². The molecule has 0 aliphatic heterocycles. The summed E-state index contributed by atoms with van der Waals surface area (Å²) >= 11 is 0. The molecule has 0 aliphatic carbocycles. The number of ketones is 1. The summed E-state index contributed by atoms with van der Waals surface area (Å²) in [5, 5.41) is 8.78. The van der Waals surface area contributed by atoms with Crippen molar-refractivity contribution in [2.45, 2.75) is 6.61 Å². The molecule has 0 spiro atoms. The van der Waals surface area contributed by atoms with Gasteiger partial charge in [-0.05, 0) is 60.2 Å². The number of rotatable bonds is 6. The average Bonchev–Trinajstić information content (AvgIpc) is 2.72. The van der Waals surface area contributed by atoms with Gasteiger partial charge >= 0.3 is 0 Å². The Hall–Kier alpha value is -3.71. The maximum absolute atomic E-state index is 12.1. The second kappa shape index (κ2) is 8.41. The van der Waals surface area contributed by atoms with E-state index in [1.54, 1.807) is 36.5 Å². The molecular formula is C22H16N2O2. The second-order valence-corrected chi connectivity index (χ2v) is 5.57. The van der Waals surface area contributed by atoms with Crippen molar-refractivity contribution < 1.29 is 9.53 Å². The number of hydrogen-bond acceptors (Lipinski definition) is 4. The van der Waals surface area contributed by atoms with Crippen LogP contribution in [0.4, 0.5) is 0 Å². The predicted molar refractivity (Wildman–Crippen MR) is 99.5 cm³/mol. The molecule has 0 saturated heterocycles. The molecule has 0 saturated carbocycles. The maximum atomic E-state index is 12.1. The standard InChI is InChI=1S/C22H16N2O2/c23-15-18-4-9-19(10-5-18)22(25)13-8-17-6-11-21(12-7-17)26-16-20-3-1-2-14-24-20/h1-14H,16H2. The number of allylic oxidation sites excluding steroid dienone is 1.